The first-order valence-corrected chi connectivity index (χ1v) is 4.49. The third-order valence-corrected chi connectivity index (χ3v) is 2.63. The molecule has 0 bridgehead atoms. The summed E-state index contributed by atoms with van der Waals surface area (Å²) >= 11 is 2.32. The molecule has 1 heterocycles. The van der Waals surface area contributed by atoms with Crippen molar-refractivity contribution in [2.45, 2.75) is 6.92 Å². The minimum Gasteiger partial charge on any atom is -0.464 e. The summed E-state index contributed by atoms with van der Waals surface area (Å²) in [6, 6.07) is 6.09. The molecular formula is C9H7IO. The fourth-order valence-corrected chi connectivity index (χ4v) is 2.09. The van der Waals surface area contributed by atoms with Crippen molar-refractivity contribution in [2.24, 2.45) is 0 Å². The van der Waals surface area contributed by atoms with Crippen molar-refractivity contribution >= 4 is 33.6 Å². The van der Waals surface area contributed by atoms with Crippen LogP contribution in [0, 0.1) is 10.5 Å². The number of benzene rings is 1. The van der Waals surface area contributed by atoms with Crippen LogP contribution in [0.15, 0.2) is 28.9 Å². The van der Waals surface area contributed by atoms with Crippen LogP contribution in [0.5, 0.6) is 0 Å². The highest BCUT2D eigenvalue weighted by atomic mass is 127. The maximum Gasteiger partial charge on any atom is 0.135 e. The molecule has 56 valence electrons. The van der Waals surface area contributed by atoms with Crippen LogP contribution in [0.2, 0.25) is 0 Å². The molecule has 0 unspecified atom stereocenters. The molecule has 1 aromatic heterocycles. The van der Waals surface area contributed by atoms with E-state index in [0.717, 1.165) is 5.58 Å². The monoisotopic (exact) mass is 258 g/mol. The van der Waals surface area contributed by atoms with E-state index in [2.05, 4.69) is 35.6 Å². The fraction of sp³-hybridized carbons (Fsp3) is 0.111. The molecule has 2 aromatic rings. The maximum absolute atomic E-state index is 5.32. The van der Waals surface area contributed by atoms with Gasteiger partial charge in [0.2, 0.25) is 0 Å². The van der Waals surface area contributed by atoms with Gasteiger partial charge in [-0.1, -0.05) is 6.07 Å². The van der Waals surface area contributed by atoms with Gasteiger partial charge in [0, 0.05) is 8.96 Å². The number of fused-ring (bicyclic) bond motifs is 1. The second-order valence-electron chi connectivity index (χ2n) is 2.53. The van der Waals surface area contributed by atoms with Gasteiger partial charge >= 0.3 is 0 Å². The van der Waals surface area contributed by atoms with Gasteiger partial charge in [0.15, 0.2) is 0 Å². The van der Waals surface area contributed by atoms with Crippen LogP contribution in [-0.4, -0.2) is 0 Å². The highest BCUT2D eigenvalue weighted by Crippen LogP contribution is 2.24. The number of halogens is 1. The van der Waals surface area contributed by atoms with Gasteiger partial charge in [-0.3, -0.25) is 0 Å². The number of rotatable bonds is 0. The van der Waals surface area contributed by atoms with Crippen molar-refractivity contribution in [3.05, 3.63) is 33.6 Å². The predicted octanol–water partition coefficient (Wildman–Crippen LogP) is 3.35. The maximum atomic E-state index is 5.32. The number of hydrogen-bond acceptors (Lipinski definition) is 1. The normalized spacial score (nSPS) is 10.7. The van der Waals surface area contributed by atoms with Crippen molar-refractivity contribution in [3.63, 3.8) is 0 Å². The summed E-state index contributed by atoms with van der Waals surface area (Å²) in [5, 5.41) is 1.24. The second kappa shape index (κ2) is 2.52. The molecule has 0 spiro atoms. The zero-order valence-corrected chi connectivity index (χ0v) is 8.25. The van der Waals surface area contributed by atoms with E-state index < -0.39 is 0 Å². The third kappa shape index (κ3) is 1.05. The molecule has 0 aliphatic rings. The van der Waals surface area contributed by atoms with Gasteiger partial charge in [-0.15, -0.1) is 0 Å². The molecule has 0 amide bonds. The summed E-state index contributed by atoms with van der Waals surface area (Å²) in [7, 11) is 0. The van der Waals surface area contributed by atoms with Crippen LogP contribution in [0.25, 0.3) is 11.0 Å². The molecule has 2 rings (SSSR count). The van der Waals surface area contributed by atoms with E-state index in [0.29, 0.717) is 0 Å². The lowest BCUT2D eigenvalue weighted by molar-refractivity contribution is 0.613. The van der Waals surface area contributed by atoms with Crippen molar-refractivity contribution in [1.29, 1.82) is 0 Å². The molecule has 0 aliphatic carbocycles. The highest BCUT2D eigenvalue weighted by Gasteiger charge is 2.03. The average Bonchev–Trinajstić information content (AvgIpc) is 2.34. The fourth-order valence-electron chi connectivity index (χ4n) is 1.20. The van der Waals surface area contributed by atoms with Gasteiger partial charge in [0.1, 0.15) is 5.58 Å². The van der Waals surface area contributed by atoms with Crippen LogP contribution in [0.4, 0.5) is 0 Å². The first kappa shape index (κ1) is 7.16. The Balaban J connectivity index is 2.96. The molecule has 11 heavy (non-hydrogen) atoms. The van der Waals surface area contributed by atoms with E-state index >= 15 is 0 Å². The molecule has 0 fully saturated rings. The molecule has 0 aliphatic heterocycles. The SMILES string of the molecule is Cc1coc2cccc(I)c12. The molecule has 0 saturated heterocycles. The van der Waals surface area contributed by atoms with Crippen molar-refractivity contribution < 1.29 is 4.42 Å². The Morgan fingerprint density at radius 2 is 2.18 bits per heavy atom. The summed E-state index contributed by atoms with van der Waals surface area (Å²) in [6.07, 6.45) is 1.80. The topological polar surface area (TPSA) is 13.1 Å². The van der Waals surface area contributed by atoms with E-state index in [1.807, 2.05) is 12.1 Å². The molecule has 1 nitrogen and oxygen atoms in total. The Hall–Kier alpha value is -0.510. The smallest absolute Gasteiger partial charge is 0.135 e. The standard InChI is InChI=1S/C9H7IO/c1-6-5-11-8-4-2-3-7(10)9(6)8/h2-5H,1H3. The Bertz CT molecular complexity index is 389. The predicted molar refractivity (Wildman–Crippen MR) is 53.7 cm³/mol. The zero-order valence-electron chi connectivity index (χ0n) is 6.10. The lowest BCUT2D eigenvalue weighted by Gasteiger charge is -1.91. The number of aryl methyl sites for hydroxylation is 1. The first-order valence-electron chi connectivity index (χ1n) is 3.41. The van der Waals surface area contributed by atoms with Crippen LogP contribution in [0.3, 0.4) is 0 Å². The molecule has 2 heteroatoms. The first-order chi connectivity index (χ1) is 5.29. The lowest BCUT2D eigenvalue weighted by atomic mass is 10.2. The van der Waals surface area contributed by atoms with Gasteiger partial charge in [-0.2, -0.15) is 0 Å². The Morgan fingerprint density at radius 3 is 2.91 bits per heavy atom. The van der Waals surface area contributed by atoms with Crippen molar-refractivity contribution in [3.8, 4) is 0 Å². The Labute approximate surface area is 78.5 Å². The largest absolute Gasteiger partial charge is 0.464 e. The van der Waals surface area contributed by atoms with Gasteiger partial charge in [-0.05, 0) is 47.2 Å². The minimum atomic E-state index is 0.981. The van der Waals surface area contributed by atoms with Gasteiger partial charge in [-0.25, -0.2) is 0 Å². The summed E-state index contributed by atoms with van der Waals surface area (Å²) in [5.74, 6) is 0. The van der Waals surface area contributed by atoms with E-state index in [1.165, 1.54) is 14.5 Å². The molecule has 0 N–H and O–H groups in total. The summed E-state index contributed by atoms with van der Waals surface area (Å²) in [4.78, 5) is 0. The second-order valence-corrected chi connectivity index (χ2v) is 3.69. The minimum absolute atomic E-state index is 0.981. The average molecular weight is 258 g/mol. The highest BCUT2D eigenvalue weighted by molar-refractivity contribution is 14.1. The third-order valence-electron chi connectivity index (χ3n) is 1.73. The quantitative estimate of drug-likeness (QED) is 0.660. The number of hydrogen-bond donors (Lipinski definition) is 0. The van der Waals surface area contributed by atoms with E-state index in [1.54, 1.807) is 6.26 Å². The number of furan rings is 1. The molecular weight excluding hydrogens is 251 g/mol. The van der Waals surface area contributed by atoms with Crippen molar-refractivity contribution in [2.75, 3.05) is 0 Å². The van der Waals surface area contributed by atoms with Crippen LogP contribution in [-0.2, 0) is 0 Å². The molecule has 0 saturated carbocycles. The van der Waals surface area contributed by atoms with Gasteiger partial charge in [0.05, 0.1) is 6.26 Å². The lowest BCUT2D eigenvalue weighted by Crippen LogP contribution is -1.73. The van der Waals surface area contributed by atoms with Gasteiger partial charge < -0.3 is 4.42 Å². The molecule has 0 atom stereocenters. The summed E-state index contributed by atoms with van der Waals surface area (Å²) in [5.41, 5.74) is 2.19. The van der Waals surface area contributed by atoms with E-state index in [4.69, 9.17) is 4.42 Å². The Morgan fingerprint density at radius 1 is 1.36 bits per heavy atom. The summed E-state index contributed by atoms with van der Waals surface area (Å²) in [6.45, 7) is 2.06. The summed E-state index contributed by atoms with van der Waals surface area (Å²) < 4.78 is 6.58. The van der Waals surface area contributed by atoms with Crippen LogP contribution < -0.4 is 0 Å². The van der Waals surface area contributed by atoms with E-state index in [-0.39, 0.29) is 0 Å². The van der Waals surface area contributed by atoms with Gasteiger partial charge in [0.25, 0.3) is 0 Å². The zero-order chi connectivity index (χ0) is 7.84. The van der Waals surface area contributed by atoms with Crippen LogP contribution in [0.1, 0.15) is 5.56 Å². The molecule has 1 aromatic carbocycles. The van der Waals surface area contributed by atoms with Crippen molar-refractivity contribution in [1.82, 2.24) is 0 Å². The van der Waals surface area contributed by atoms with Crippen LogP contribution >= 0.6 is 22.6 Å². The van der Waals surface area contributed by atoms with E-state index in [9.17, 15) is 0 Å². The molecule has 0 radical (unpaired) electrons. The Kier molecular flexibility index (Phi) is 1.64.